The van der Waals surface area contributed by atoms with Crippen LogP contribution in [0.25, 0.3) is 11.4 Å². The van der Waals surface area contributed by atoms with Gasteiger partial charge in [-0.25, -0.2) is 0 Å². The maximum atomic E-state index is 6.04. The van der Waals surface area contributed by atoms with E-state index in [9.17, 15) is 0 Å². The number of aromatic nitrogens is 2. The Bertz CT molecular complexity index is 790. The minimum Gasteiger partial charge on any atom is -0.338 e. The number of rotatable bonds is 5. The van der Waals surface area contributed by atoms with Crippen LogP contribution >= 0.6 is 23.2 Å². The van der Waals surface area contributed by atoms with Gasteiger partial charge < -0.3 is 4.52 Å². The smallest absolute Gasteiger partial charge is 0.241 e. The molecule has 0 fully saturated rings. The van der Waals surface area contributed by atoms with Crippen molar-refractivity contribution in [3.8, 4) is 11.4 Å². The fourth-order valence-corrected chi connectivity index (χ4v) is 2.58. The Hall–Kier alpha value is -1.88. The molecule has 0 spiro atoms. The SMILES string of the molecule is CN(Cc1ccc(Cl)c(Cl)c1)Cc1nc(-c2ccccc2)no1. The van der Waals surface area contributed by atoms with Crippen molar-refractivity contribution in [3.05, 3.63) is 70.0 Å². The Morgan fingerprint density at radius 1 is 1.00 bits per heavy atom. The topological polar surface area (TPSA) is 42.2 Å². The molecule has 0 N–H and O–H groups in total. The summed E-state index contributed by atoms with van der Waals surface area (Å²) in [6, 6.07) is 15.4. The quantitative estimate of drug-likeness (QED) is 0.672. The Morgan fingerprint density at radius 3 is 2.52 bits per heavy atom. The van der Waals surface area contributed by atoms with Gasteiger partial charge in [0.15, 0.2) is 0 Å². The van der Waals surface area contributed by atoms with Crippen LogP contribution in [0.1, 0.15) is 11.5 Å². The zero-order chi connectivity index (χ0) is 16.2. The van der Waals surface area contributed by atoms with Gasteiger partial charge >= 0.3 is 0 Å². The van der Waals surface area contributed by atoms with E-state index in [-0.39, 0.29) is 0 Å². The molecule has 3 rings (SSSR count). The fraction of sp³-hybridized carbons (Fsp3) is 0.176. The summed E-state index contributed by atoms with van der Waals surface area (Å²) in [5, 5.41) is 5.14. The first-order valence-corrected chi connectivity index (χ1v) is 7.88. The molecule has 2 aromatic carbocycles. The normalized spacial score (nSPS) is 11.1. The molecular weight excluding hydrogens is 333 g/mol. The van der Waals surface area contributed by atoms with E-state index < -0.39 is 0 Å². The van der Waals surface area contributed by atoms with Gasteiger partial charge in [0.05, 0.1) is 16.6 Å². The predicted molar refractivity (Wildman–Crippen MR) is 91.4 cm³/mol. The molecule has 0 saturated carbocycles. The predicted octanol–water partition coefficient (Wildman–Crippen LogP) is 4.68. The van der Waals surface area contributed by atoms with Gasteiger partial charge in [-0.15, -0.1) is 0 Å². The van der Waals surface area contributed by atoms with Gasteiger partial charge in [0.2, 0.25) is 11.7 Å². The van der Waals surface area contributed by atoms with Gasteiger partial charge in [-0.1, -0.05) is 64.8 Å². The largest absolute Gasteiger partial charge is 0.338 e. The molecule has 4 nitrogen and oxygen atoms in total. The highest BCUT2D eigenvalue weighted by molar-refractivity contribution is 6.42. The van der Waals surface area contributed by atoms with Crippen LogP contribution in [0, 0.1) is 0 Å². The summed E-state index contributed by atoms with van der Waals surface area (Å²) in [6.07, 6.45) is 0. The van der Waals surface area contributed by atoms with Crippen LogP contribution in [0.15, 0.2) is 53.1 Å². The fourth-order valence-electron chi connectivity index (χ4n) is 2.26. The van der Waals surface area contributed by atoms with Crippen molar-refractivity contribution in [2.24, 2.45) is 0 Å². The second-order valence-electron chi connectivity index (χ2n) is 5.30. The second-order valence-corrected chi connectivity index (χ2v) is 6.11. The molecule has 0 aliphatic carbocycles. The van der Waals surface area contributed by atoms with Crippen LogP contribution in [-0.4, -0.2) is 22.1 Å². The van der Waals surface area contributed by atoms with Crippen molar-refractivity contribution >= 4 is 23.2 Å². The first-order valence-electron chi connectivity index (χ1n) is 7.12. The Balaban J connectivity index is 1.65. The number of halogens is 2. The van der Waals surface area contributed by atoms with Crippen LogP contribution in [0.3, 0.4) is 0 Å². The van der Waals surface area contributed by atoms with Crippen molar-refractivity contribution in [1.82, 2.24) is 15.0 Å². The molecule has 0 unspecified atom stereocenters. The minimum absolute atomic E-state index is 0.556. The van der Waals surface area contributed by atoms with E-state index >= 15 is 0 Å². The maximum Gasteiger partial charge on any atom is 0.241 e. The summed E-state index contributed by atoms with van der Waals surface area (Å²) in [5.74, 6) is 1.18. The van der Waals surface area contributed by atoms with E-state index in [1.54, 1.807) is 6.07 Å². The van der Waals surface area contributed by atoms with E-state index in [4.69, 9.17) is 27.7 Å². The lowest BCUT2D eigenvalue weighted by Crippen LogP contribution is -2.17. The van der Waals surface area contributed by atoms with E-state index in [1.807, 2.05) is 49.5 Å². The average Bonchev–Trinajstić information content (AvgIpc) is 3.00. The maximum absolute atomic E-state index is 6.04. The van der Waals surface area contributed by atoms with Crippen molar-refractivity contribution in [3.63, 3.8) is 0 Å². The first kappa shape index (κ1) is 16.0. The molecule has 1 aromatic heterocycles. The van der Waals surface area contributed by atoms with Gasteiger partial charge in [-0.3, -0.25) is 4.90 Å². The van der Waals surface area contributed by atoms with Gasteiger partial charge in [-0.05, 0) is 24.7 Å². The van der Waals surface area contributed by atoms with Crippen molar-refractivity contribution in [2.45, 2.75) is 13.1 Å². The Labute approximate surface area is 144 Å². The Morgan fingerprint density at radius 2 is 1.78 bits per heavy atom. The third-order valence-electron chi connectivity index (χ3n) is 3.34. The summed E-state index contributed by atoms with van der Waals surface area (Å²) in [5.41, 5.74) is 2.01. The van der Waals surface area contributed by atoms with Crippen LogP contribution in [0.5, 0.6) is 0 Å². The molecule has 0 saturated heterocycles. The van der Waals surface area contributed by atoms with Crippen LogP contribution < -0.4 is 0 Å². The standard InChI is InChI=1S/C17H15Cl2N3O/c1-22(10-12-7-8-14(18)15(19)9-12)11-16-20-17(21-23-16)13-5-3-2-4-6-13/h2-9H,10-11H2,1H3. The Kier molecular flexibility index (Phi) is 4.96. The summed E-state index contributed by atoms with van der Waals surface area (Å²) in [4.78, 5) is 6.50. The van der Waals surface area contributed by atoms with Gasteiger partial charge in [0.25, 0.3) is 0 Å². The number of hydrogen-bond donors (Lipinski definition) is 0. The summed E-state index contributed by atoms with van der Waals surface area (Å²) >= 11 is 12.0. The molecule has 0 atom stereocenters. The number of benzene rings is 2. The summed E-state index contributed by atoms with van der Waals surface area (Å²) in [6.45, 7) is 1.26. The molecule has 6 heteroatoms. The average molecular weight is 348 g/mol. The molecule has 0 amide bonds. The molecule has 0 aliphatic heterocycles. The lowest BCUT2D eigenvalue weighted by atomic mass is 10.2. The molecule has 0 aliphatic rings. The van der Waals surface area contributed by atoms with E-state index in [0.29, 0.717) is 34.8 Å². The van der Waals surface area contributed by atoms with Crippen molar-refractivity contribution in [1.29, 1.82) is 0 Å². The zero-order valence-electron chi connectivity index (χ0n) is 12.5. The number of hydrogen-bond acceptors (Lipinski definition) is 4. The van der Waals surface area contributed by atoms with Crippen LogP contribution in [0.2, 0.25) is 10.0 Å². The number of nitrogens with zero attached hydrogens (tertiary/aromatic N) is 3. The van der Waals surface area contributed by atoms with Crippen LogP contribution in [-0.2, 0) is 13.1 Å². The van der Waals surface area contributed by atoms with E-state index in [0.717, 1.165) is 11.1 Å². The molecular formula is C17H15Cl2N3O. The summed E-state index contributed by atoms with van der Waals surface area (Å²) < 4.78 is 5.32. The lowest BCUT2D eigenvalue weighted by Gasteiger charge is -2.14. The monoisotopic (exact) mass is 347 g/mol. The molecule has 3 aromatic rings. The molecule has 23 heavy (non-hydrogen) atoms. The second kappa shape index (κ2) is 7.13. The highest BCUT2D eigenvalue weighted by Crippen LogP contribution is 2.23. The van der Waals surface area contributed by atoms with Gasteiger partial charge in [-0.2, -0.15) is 4.98 Å². The van der Waals surface area contributed by atoms with Gasteiger partial charge in [0.1, 0.15) is 0 Å². The van der Waals surface area contributed by atoms with E-state index in [2.05, 4.69) is 15.0 Å². The molecule has 118 valence electrons. The molecule has 0 radical (unpaired) electrons. The third-order valence-corrected chi connectivity index (χ3v) is 4.08. The molecule has 1 heterocycles. The van der Waals surface area contributed by atoms with Crippen molar-refractivity contribution in [2.75, 3.05) is 7.05 Å². The van der Waals surface area contributed by atoms with E-state index in [1.165, 1.54) is 0 Å². The minimum atomic E-state index is 0.556. The highest BCUT2D eigenvalue weighted by atomic mass is 35.5. The molecule has 0 bridgehead atoms. The van der Waals surface area contributed by atoms with Crippen LogP contribution in [0.4, 0.5) is 0 Å². The summed E-state index contributed by atoms with van der Waals surface area (Å²) in [7, 11) is 1.98. The van der Waals surface area contributed by atoms with Crippen molar-refractivity contribution < 1.29 is 4.52 Å². The first-order chi connectivity index (χ1) is 11.1. The highest BCUT2D eigenvalue weighted by Gasteiger charge is 2.11. The zero-order valence-corrected chi connectivity index (χ0v) is 14.1. The van der Waals surface area contributed by atoms with Gasteiger partial charge in [0, 0.05) is 12.1 Å². The third kappa shape index (κ3) is 4.10. The lowest BCUT2D eigenvalue weighted by molar-refractivity contribution is 0.261.